The topological polar surface area (TPSA) is 83.2 Å². The number of hydrogen-bond acceptors (Lipinski definition) is 7. The van der Waals surface area contributed by atoms with Gasteiger partial charge in [0.05, 0.1) is 0 Å². The van der Waals surface area contributed by atoms with E-state index in [1.54, 1.807) is 0 Å². The van der Waals surface area contributed by atoms with Gasteiger partial charge in [-0.2, -0.15) is 15.0 Å². The Kier molecular flexibility index (Phi) is 7.45. The fourth-order valence-electron chi connectivity index (χ4n) is 4.85. The Balaban J connectivity index is 1.62. The quantitative estimate of drug-likeness (QED) is 0.591. The van der Waals surface area contributed by atoms with Crippen LogP contribution in [0.3, 0.4) is 0 Å². The van der Waals surface area contributed by atoms with Crippen LogP contribution in [0.15, 0.2) is 24.3 Å². The van der Waals surface area contributed by atoms with Crippen LogP contribution in [0.5, 0.6) is 0 Å². The summed E-state index contributed by atoms with van der Waals surface area (Å²) in [4.78, 5) is 18.4. The average Bonchev–Trinajstić information content (AvgIpc) is 3.05. The molecular weight excluding hydrogens is 410 g/mol. The zero-order valence-corrected chi connectivity index (χ0v) is 19.2. The Labute approximate surface area is 190 Å². The first-order valence-corrected chi connectivity index (χ1v) is 12.1. The van der Waals surface area contributed by atoms with Gasteiger partial charge in [0.25, 0.3) is 0 Å². The Hall–Kier alpha value is -2.12. The minimum atomic E-state index is 0.243. The molecule has 1 aliphatic heterocycles. The zero-order valence-electron chi connectivity index (χ0n) is 18.4. The number of likely N-dealkylation sites (N-methyl/N-ethyl adjacent to an activating group) is 1. The monoisotopic (exact) mass is 443 g/mol. The van der Waals surface area contributed by atoms with Crippen LogP contribution in [-0.2, 0) is 0 Å². The summed E-state index contributed by atoms with van der Waals surface area (Å²) >= 11 is 6.33. The van der Waals surface area contributed by atoms with Crippen molar-refractivity contribution in [2.45, 2.75) is 70.4 Å². The minimum absolute atomic E-state index is 0.243. The number of aromatic nitrogens is 3. The third kappa shape index (κ3) is 5.77. The van der Waals surface area contributed by atoms with E-state index in [9.17, 15) is 0 Å². The fraction of sp³-hybridized carbons (Fsp3) is 0.609. The normalized spacial score (nSPS) is 20.5. The molecule has 1 saturated carbocycles. The molecule has 2 aliphatic rings. The third-order valence-corrected chi connectivity index (χ3v) is 6.72. The average molecular weight is 444 g/mol. The van der Waals surface area contributed by atoms with Crippen LogP contribution in [0.4, 0.5) is 23.5 Å². The van der Waals surface area contributed by atoms with Crippen molar-refractivity contribution in [3.8, 4) is 0 Å². The highest BCUT2D eigenvalue weighted by Gasteiger charge is 2.27. The Morgan fingerprint density at radius 1 is 1.10 bits per heavy atom. The molecule has 1 aliphatic carbocycles. The standard InChI is InChI=1S/C23H34ClN7/c1-2-30-14-8-13-20(30)16-31(19-12-7-9-17(24)15-19)23-28-21(25)27-22(29-23)26-18-10-5-3-4-6-11-18/h7,9,12,15,18,20H,2-6,8,10-11,13-14,16H2,1H3,(H3,25,26,27,28,29). The minimum Gasteiger partial charge on any atom is -0.368 e. The molecule has 168 valence electrons. The second-order valence-corrected chi connectivity index (χ2v) is 9.10. The van der Waals surface area contributed by atoms with Gasteiger partial charge in [0.2, 0.25) is 17.8 Å². The maximum absolute atomic E-state index is 6.33. The molecule has 1 aromatic heterocycles. The van der Waals surface area contributed by atoms with Crippen LogP contribution >= 0.6 is 11.6 Å². The van der Waals surface area contributed by atoms with E-state index in [0.717, 1.165) is 38.2 Å². The molecule has 7 nitrogen and oxygen atoms in total. The highest BCUT2D eigenvalue weighted by atomic mass is 35.5. The zero-order chi connectivity index (χ0) is 21.6. The first-order valence-electron chi connectivity index (χ1n) is 11.7. The Morgan fingerprint density at radius 3 is 2.65 bits per heavy atom. The van der Waals surface area contributed by atoms with Gasteiger partial charge in [0.15, 0.2) is 0 Å². The summed E-state index contributed by atoms with van der Waals surface area (Å²) in [5.74, 6) is 1.39. The summed E-state index contributed by atoms with van der Waals surface area (Å²) in [6, 6.07) is 8.70. The molecule has 0 spiro atoms. The summed E-state index contributed by atoms with van der Waals surface area (Å²) < 4.78 is 0. The smallest absolute Gasteiger partial charge is 0.236 e. The highest BCUT2D eigenvalue weighted by Crippen LogP contribution is 2.29. The lowest BCUT2D eigenvalue weighted by atomic mass is 10.1. The van der Waals surface area contributed by atoms with Crippen molar-refractivity contribution in [1.29, 1.82) is 0 Å². The molecule has 31 heavy (non-hydrogen) atoms. The molecule has 1 saturated heterocycles. The van der Waals surface area contributed by atoms with E-state index < -0.39 is 0 Å². The lowest BCUT2D eigenvalue weighted by Crippen LogP contribution is -2.39. The molecule has 0 amide bonds. The van der Waals surface area contributed by atoms with Gasteiger partial charge in [-0.3, -0.25) is 4.90 Å². The van der Waals surface area contributed by atoms with Crippen LogP contribution in [-0.4, -0.2) is 51.6 Å². The van der Waals surface area contributed by atoms with Crippen molar-refractivity contribution in [3.05, 3.63) is 29.3 Å². The number of anilines is 4. The molecule has 2 aromatic rings. The van der Waals surface area contributed by atoms with E-state index in [0.29, 0.717) is 29.0 Å². The summed E-state index contributed by atoms with van der Waals surface area (Å²) in [7, 11) is 0. The molecule has 8 heteroatoms. The Morgan fingerprint density at radius 2 is 1.90 bits per heavy atom. The molecule has 2 heterocycles. The lowest BCUT2D eigenvalue weighted by molar-refractivity contribution is 0.271. The third-order valence-electron chi connectivity index (χ3n) is 6.49. The fourth-order valence-corrected chi connectivity index (χ4v) is 5.03. The maximum atomic E-state index is 6.33. The van der Waals surface area contributed by atoms with Gasteiger partial charge in [0, 0.05) is 29.3 Å². The van der Waals surface area contributed by atoms with Crippen molar-refractivity contribution < 1.29 is 0 Å². The predicted octanol–water partition coefficient (Wildman–Crippen LogP) is 4.86. The van der Waals surface area contributed by atoms with Crippen molar-refractivity contribution in [3.63, 3.8) is 0 Å². The Bertz CT molecular complexity index is 854. The summed E-state index contributed by atoms with van der Waals surface area (Å²) in [6.45, 7) is 5.19. The van der Waals surface area contributed by atoms with Crippen LogP contribution < -0.4 is 16.0 Å². The van der Waals surface area contributed by atoms with Gasteiger partial charge in [-0.15, -0.1) is 0 Å². The number of nitrogens with zero attached hydrogens (tertiary/aromatic N) is 5. The molecule has 1 unspecified atom stereocenters. The molecule has 0 bridgehead atoms. The SMILES string of the molecule is CCN1CCCC1CN(c1cccc(Cl)c1)c1nc(N)nc(NC2CCCCCC2)n1. The summed E-state index contributed by atoms with van der Waals surface area (Å²) in [6.07, 6.45) is 9.77. The lowest BCUT2D eigenvalue weighted by Gasteiger charge is -2.30. The number of nitrogens with one attached hydrogen (secondary N) is 1. The van der Waals surface area contributed by atoms with Crippen LogP contribution in [0.25, 0.3) is 0 Å². The van der Waals surface area contributed by atoms with Crippen LogP contribution in [0.1, 0.15) is 58.3 Å². The number of hydrogen-bond donors (Lipinski definition) is 2. The van der Waals surface area contributed by atoms with Gasteiger partial charge >= 0.3 is 0 Å². The molecule has 1 atom stereocenters. The van der Waals surface area contributed by atoms with Gasteiger partial charge in [-0.1, -0.05) is 50.3 Å². The van der Waals surface area contributed by atoms with Crippen LogP contribution in [0, 0.1) is 0 Å². The van der Waals surface area contributed by atoms with E-state index in [4.69, 9.17) is 22.3 Å². The van der Waals surface area contributed by atoms with Crippen molar-refractivity contribution in [2.75, 3.05) is 35.6 Å². The van der Waals surface area contributed by atoms with Crippen molar-refractivity contribution in [2.24, 2.45) is 0 Å². The largest absolute Gasteiger partial charge is 0.368 e. The van der Waals surface area contributed by atoms with Crippen molar-refractivity contribution >= 4 is 35.1 Å². The predicted molar refractivity (Wildman–Crippen MR) is 128 cm³/mol. The van der Waals surface area contributed by atoms with Gasteiger partial charge in [-0.25, -0.2) is 0 Å². The number of benzene rings is 1. The van der Waals surface area contributed by atoms with Crippen molar-refractivity contribution in [1.82, 2.24) is 19.9 Å². The number of halogens is 1. The van der Waals surface area contributed by atoms with Crippen LogP contribution in [0.2, 0.25) is 5.02 Å². The molecule has 2 fully saturated rings. The molecule has 3 N–H and O–H groups in total. The second-order valence-electron chi connectivity index (χ2n) is 8.67. The summed E-state index contributed by atoms with van der Waals surface area (Å²) in [5.41, 5.74) is 7.11. The molecule has 1 aromatic carbocycles. The first-order chi connectivity index (χ1) is 15.1. The van der Waals surface area contributed by atoms with E-state index in [1.165, 1.54) is 38.5 Å². The molecule has 0 radical (unpaired) electrons. The van der Waals surface area contributed by atoms with E-state index in [2.05, 4.69) is 38.1 Å². The van der Waals surface area contributed by atoms with Gasteiger partial charge in [0.1, 0.15) is 0 Å². The highest BCUT2D eigenvalue weighted by molar-refractivity contribution is 6.30. The van der Waals surface area contributed by atoms with E-state index >= 15 is 0 Å². The van der Waals surface area contributed by atoms with E-state index in [1.807, 2.05) is 18.2 Å². The van der Waals surface area contributed by atoms with E-state index in [-0.39, 0.29) is 5.95 Å². The summed E-state index contributed by atoms with van der Waals surface area (Å²) in [5, 5.41) is 4.22. The second kappa shape index (κ2) is 10.5. The molecule has 4 rings (SSSR count). The number of nitrogens with two attached hydrogens (primary N) is 1. The number of nitrogen functional groups attached to an aromatic ring is 1. The number of rotatable bonds is 7. The molecular formula is C23H34ClN7. The van der Waals surface area contributed by atoms with Gasteiger partial charge in [-0.05, 0) is 57.0 Å². The van der Waals surface area contributed by atoms with Gasteiger partial charge < -0.3 is 16.0 Å². The maximum Gasteiger partial charge on any atom is 0.236 e. The first kappa shape index (κ1) is 22.1. The number of likely N-dealkylation sites (tertiary alicyclic amines) is 1.